The SMILES string of the molecule is Cc1ccc(C(CNC(=O)NCCC(=O)NC2CCCCC2)N2CCOCC2)o1. The highest BCUT2D eigenvalue weighted by Crippen LogP contribution is 2.23. The second-order valence-electron chi connectivity index (χ2n) is 7.90. The molecule has 1 saturated heterocycles. The van der Waals surface area contributed by atoms with Gasteiger partial charge in [-0.1, -0.05) is 19.3 Å². The molecule has 0 aromatic carbocycles. The lowest BCUT2D eigenvalue weighted by atomic mass is 9.95. The maximum absolute atomic E-state index is 12.2. The predicted octanol–water partition coefficient (Wildman–Crippen LogP) is 2.10. The van der Waals surface area contributed by atoms with E-state index in [1.165, 1.54) is 19.3 Å². The van der Waals surface area contributed by atoms with Gasteiger partial charge in [0, 0.05) is 38.6 Å². The van der Waals surface area contributed by atoms with E-state index >= 15 is 0 Å². The van der Waals surface area contributed by atoms with Crippen LogP contribution in [0.1, 0.15) is 56.1 Å². The molecule has 8 nitrogen and oxygen atoms in total. The van der Waals surface area contributed by atoms with Gasteiger partial charge in [-0.15, -0.1) is 0 Å². The van der Waals surface area contributed by atoms with Crippen LogP contribution in [0, 0.1) is 6.92 Å². The standard InChI is InChI=1S/C21H34N4O4/c1-16-7-8-19(29-16)18(25-11-13-28-14-12-25)15-23-21(27)22-10-9-20(26)24-17-5-3-2-4-6-17/h7-8,17-18H,2-6,9-15H2,1H3,(H,24,26)(H2,22,23,27). The van der Waals surface area contributed by atoms with E-state index in [9.17, 15) is 9.59 Å². The van der Waals surface area contributed by atoms with Crippen molar-refractivity contribution in [1.29, 1.82) is 0 Å². The van der Waals surface area contributed by atoms with Gasteiger partial charge in [0.15, 0.2) is 0 Å². The van der Waals surface area contributed by atoms with Crippen LogP contribution in [0.4, 0.5) is 4.79 Å². The van der Waals surface area contributed by atoms with Crippen molar-refractivity contribution in [3.8, 4) is 0 Å². The average Bonchev–Trinajstić information content (AvgIpc) is 3.15. The van der Waals surface area contributed by atoms with E-state index in [0.717, 1.165) is 37.5 Å². The summed E-state index contributed by atoms with van der Waals surface area (Å²) < 4.78 is 11.2. The minimum atomic E-state index is -0.267. The summed E-state index contributed by atoms with van der Waals surface area (Å²) >= 11 is 0. The summed E-state index contributed by atoms with van der Waals surface area (Å²) in [4.78, 5) is 26.5. The number of rotatable bonds is 8. The Bertz CT molecular complexity index is 651. The van der Waals surface area contributed by atoms with Crippen molar-refractivity contribution < 1.29 is 18.7 Å². The van der Waals surface area contributed by atoms with Crippen molar-refractivity contribution in [2.75, 3.05) is 39.4 Å². The molecule has 1 aromatic rings. The number of morpholine rings is 1. The molecule has 2 fully saturated rings. The summed E-state index contributed by atoms with van der Waals surface area (Å²) in [5.74, 6) is 1.71. The Hall–Kier alpha value is -2.06. The van der Waals surface area contributed by atoms with Gasteiger partial charge in [-0.25, -0.2) is 4.79 Å². The molecule has 3 rings (SSSR count). The topological polar surface area (TPSA) is 95.8 Å². The molecular weight excluding hydrogens is 372 g/mol. The largest absolute Gasteiger partial charge is 0.465 e. The van der Waals surface area contributed by atoms with Crippen molar-refractivity contribution >= 4 is 11.9 Å². The first-order chi connectivity index (χ1) is 14.1. The van der Waals surface area contributed by atoms with Crippen molar-refractivity contribution in [2.24, 2.45) is 0 Å². The molecule has 1 aromatic heterocycles. The number of hydrogen-bond acceptors (Lipinski definition) is 5. The van der Waals surface area contributed by atoms with Crippen LogP contribution in [0.25, 0.3) is 0 Å². The van der Waals surface area contributed by atoms with Crippen LogP contribution in [0.5, 0.6) is 0 Å². The number of hydrogen-bond donors (Lipinski definition) is 3. The lowest BCUT2D eigenvalue weighted by Gasteiger charge is -2.33. The molecule has 0 spiro atoms. The Morgan fingerprint density at radius 3 is 2.59 bits per heavy atom. The van der Waals surface area contributed by atoms with E-state index in [1.54, 1.807) is 0 Å². The number of aryl methyl sites for hydroxylation is 1. The second-order valence-corrected chi connectivity index (χ2v) is 7.90. The van der Waals surface area contributed by atoms with E-state index < -0.39 is 0 Å². The second kappa shape index (κ2) is 11.2. The normalized spacial score (nSPS) is 19.5. The summed E-state index contributed by atoms with van der Waals surface area (Å²) in [7, 11) is 0. The van der Waals surface area contributed by atoms with Crippen LogP contribution in [0.3, 0.4) is 0 Å². The smallest absolute Gasteiger partial charge is 0.314 e. The Morgan fingerprint density at radius 1 is 1.14 bits per heavy atom. The molecule has 1 unspecified atom stereocenters. The highest BCUT2D eigenvalue weighted by atomic mass is 16.5. The molecule has 1 saturated carbocycles. The highest BCUT2D eigenvalue weighted by Gasteiger charge is 2.25. The molecular formula is C21H34N4O4. The van der Waals surface area contributed by atoms with E-state index in [4.69, 9.17) is 9.15 Å². The number of ether oxygens (including phenoxy) is 1. The van der Waals surface area contributed by atoms with Crippen LogP contribution in [-0.2, 0) is 9.53 Å². The summed E-state index contributed by atoms with van der Waals surface area (Å²) in [5.41, 5.74) is 0. The van der Waals surface area contributed by atoms with E-state index in [0.29, 0.717) is 38.8 Å². The molecule has 162 valence electrons. The zero-order chi connectivity index (χ0) is 20.5. The number of nitrogens with zero attached hydrogens (tertiary/aromatic N) is 1. The molecule has 1 aliphatic carbocycles. The Labute approximate surface area is 172 Å². The van der Waals surface area contributed by atoms with Gasteiger partial charge >= 0.3 is 6.03 Å². The third kappa shape index (κ3) is 7.04. The lowest BCUT2D eigenvalue weighted by molar-refractivity contribution is -0.121. The molecule has 0 radical (unpaired) electrons. The molecule has 1 aliphatic heterocycles. The highest BCUT2D eigenvalue weighted by molar-refractivity contribution is 5.78. The summed E-state index contributed by atoms with van der Waals surface area (Å²) in [6.07, 6.45) is 6.06. The van der Waals surface area contributed by atoms with Crippen molar-refractivity contribution in [1.82, 2.24) is 20.9 Å². The Kier molecular flexibility index (Phi) is 8.37. The molecule has 29 heavy (non-hydrogen) atoms. The van der Waals surface area contributed by atoms with Gasteiger partial charge in [0.25, 0.3) is 0 Å². The first-order valence-electron chi connectivity index (χ1n) is 10.8. The summed E-state index contributed by atoms with van der Waals surface area (Å²) in [6, 6.07) is 3.90. The van der Waals surface area contributed by atoms with Gasteiger partial charge in [0.2, 0.25) is 5.91 Å². The zero-order valence-corrected chi connectivity index (χ0v) is 17.4. The van der Waals surface area contributed by atoms with Crippen LogP contribution in [0.2, 0.25) is 0 Å². The number of carbonyl (C=O) groups excluding carboxylic acids is 2. The third-order valence-electron chi connectivity index (χ3n) is 5.64. The van der Waals surface area contributed by atoms with E-state index in [-0.39, 0.29) is 18.0 Å². The number of carbonyl (C=O) groups is 2. The van der Waals surface area contributed by atoms with Crippen molar-refractivity contribution in [2.45, 2.75) is 57.5 Å². The van der Waals surface area contributed by atoms with E-state index in [1.807, 2.05) is 19.1 Å². The van der Waals surface area contributed by atoms with Gasteiger partial charge in [-0.2, -0.15) is 0 Å². The average molecular weight is 407 g/mol. The lowest BCUT2D eigenvalue weighted by Crippen LogP contribution is -2.46. The molecule has 3 N–H and O–H groups in total. The zero-order valence-electron chi connectivity index (χ0n) is 17.4. The Balaban J connectivity index is 1.39. The summed E-state index contributed by atoms with van der Waals surface area (Å²) in [6.45, 7) is 5.64. The van der Waals surface area contributed by atoms with Crippen LogP contribution in [0.15, 0.2) is 16.5 Å². The maximum atomic E-state index is 12.2. The van der Waals surface area contributed by atoms with Gasteiger partial charge in [-0.05, 0) is 31.9 Å². The van der Waals surface area contributed by atoms with Crippen LogP contribution in [-0.4, -0.2) is 62.3 Å². The molecule has 3 amide bonds. The van der Waals surface area contributed by atoms with E-state index in [2.05, 4.69) is 20.9 Å². The van der Waals surface area contributed by atoms with Gasteiger partial charge in [-0.3, -0.25) is 9.69 Å². The first kappa shape index (κ1) is 21.6. The number of amides is 3. The fraction of sp³-hybridized carbons (Fsp3) is 0.714. The number of furan rings is 1. The first-order valence-corrected chi connectivity index (χ1v) is 10.8. The monoisotopic (exact) mass is 406 g/mol. The van der Waals surface area contributed by atoms with Crippen LogP contribution < -0.4 is 16.0 Å². The Morgan fingerprint density at radius 2 is 1.90 bits per heavy atom. The molecule has 8 heteroatoms. The minimum Gasteiger partial charge on any atom is -0.465 e. The third-order valence-corrected chi connectivity index (χ3v) is 5.64. The van der Waals surface area contributed by atoms with Gasteiger partial charge < -0.3 is 25.1 Å². The molecule has 1 atom stereocenters. The molecule has 0 bridgehead atoms. The predicted molar refractivity (Wildman–Crippen MR) is 110 cm³/mol. The summed E-state index contributed by atoms with van der Waals surface area (Å²) in [5, 5.41) is 8.77. The minimum absolute atomic E-state index is 0.00875. The number of nitrogens with one attached hydrogen (secondary N) is 3. The fourth-order valence-electron chi connectivity index (χ4n) is 4.02. The van der Waals surface area contributed by atoms with Crippen molar-refractivity contribution in [3.05, 3.63) is 23.7 Å². The quantitative estimate of drug-likeness (QED) is 0.614. The van der Waals surface area contributed by atoms with Gasteiger partial charge in [0.05, 0.1) is 19.3 Å². The van der Waals surface area contributed by atoms with Gasteiger partial charge in [0.1, 0.15) is 11.5 Å². The van der Waals surface area contributed by atoms with Crippen LogP contribution >= 0.6 is 0 Å². The molecule has 2 aliphatic rings. The fourth-order valence-corrected chi connectivity index (χ4v) is 4.02. The molecule has 2 heterocycles. The van der Waals surface area contributed by atoms with Crippen molar-refractivity contribution in [3.63, 3.8) is 0 Å². The number of urea groups is 1. The maximum Gasteiger partial charge on any atom is 0.314 e.